The first-order valence-corrected chi connectivity index (χ1v) is 26.3. The van der Waals surface area contributed by atoms with Crippen molar-refractivity contribution in [3.63, 3.8) is 0 Å². The second kappa shape index (κ2) is 49.7. The molecule has 0 spiro atoms. The average molecular weight is 844 g/mol. The van der Waals surface area contributed by atoms with Gasteiger partial charge in [0.2, 0.25) is 5.91 Å². The molecule has 0 saturated heterocycles. The largest absolute Gasteiger partial charge is 0.466 e. The van der Waals surface area contributed by atoms with Gasteiger partial charge in [0, 0.05) is 12.8 Å². The fraction of sp³-hybridized carbons (Fsp3) is 0.852. The second-order valence-corrected chi connectivity index (χ2v) is 17.8. The van der Waals surface area contributed by atoms with Crippen LogP contribution in [0.25, 0.3) is 0 Å². The smallest absolute Gasteiger partial charge is 0.305 e. The lowest BCUT2D eigenvalue weighted by Crippen LogP contribution is -2.45. The van der Waals surface area contributed by atoms with Crippen molar-refractivity contribution in [3.05, 3.63) is 36.5 Å². The molecule has 1 amide bonds. The third kappa shape index (κ3) is 45.6. The third-order valence-corrected chi connectivity index (χ3v) is 11.9. The normalized spacial score (nSPS) is 12.9. The number of nitrogens with one attached hydrogen (secondary N) is 1. The minimum Gasteiger partial charge on any atom is -0.466 e. The molecule has 0 aliphatic carbocycles. The maximum Gasteiger partial charge on any atom is 0.305 e. The van der Waals surface area contributed by atoms with Gasteiger partial charge in [0.05, 0.1) is 25.4 Å². The molecule has 0 aliphatic heterocycles. The van der Waals surface area contributed by atoms with Gasteiger partial charge in [-0.2, -0.15) is 0 Å². The van der Waals surface area contributed by atoms with Gasteiger partial charge in [-0.15, -0.1) is 0 Å². The Hall–Kier alpha value is -1.92. The van der Waals surface area contributed by atoms with Crippen molar-refractivity contribution in [1.29, 1.82) is 0 Å². The first-order chi connectivity index (χ1) is 29.5. The monoisotopic (exact) mass is 844 g/mol. The van der Waals surface area contributed by atoms with E-state index in [-0.39, 0.29) is 18.5 Å². The SMILES string of the molecule is CCCCCCCCC/C=C\CCCCCCCC(=O)OCCCC/C=C\CCCCCCC(=O)NC(CO)C(O)/C=C/CCCCCCCCCCCCCCCCC. The zero-order valence-electron chi connectivity index (χ0n) is 39.9. The molecule has 0 radical (unpaired) electrons. The first kappa shape index (κ1) is 58.1. The molecule has 0 heterocycles. The number of hydrogen-bond donors (Lipinski definition) is 3. The summed E-state index contributed by atoms with van der Waals surface area (Å²) in [7, 11) is 0. The number of allylic oxidation sites excluding steroid dienone is 5. The van der Waals surface area contributed by atoms with E-state index in [9.17, 15) is 19.8 Å². The topological polar surface area (TPSA) is 95.9 Å². The molecule has 0 aromatic rings. The first-order valence-electron chi connectivity index (χ1n) is 26.3. The third-order valence-electron chi connectivity index (χ3n) is 11.9. The van der Waals surface area contributed by atoms with E-state index in [4.69, 9.17) is 4.74 Å². The quantitative estimate of drug-likeness (QED) is 0.0322. The molecular weight excluding hydrogens is 743 g/mol. The lowest BCUT2D eigenvalue weighted by molar-refractivity contribution is -0.143. The lowest BCUT2D eigenvalue weighted by atomic mass is 10.0. The van der Waals surface area contributed by atoms with Crippen molar-refractivity contribution < 1.29 is 24.5 Å². The molecule has 3 N–H and O–H groups in total. The van der Waals surface area contributed by atoms with Gasteiger partial charge in [0.25, 0.3) is 0 Å². The summed E-state index contributed by atoms with van der Waals surface area (Å²) in [5.41, 5.74) is 0. The highest BCUT2D eigenvalue weighted by molar-refractivity contribution is 5.76. The summed E-state index contributed by atoms with van der Waals surface area (Å²) in [4.78, 5) is 24.5. The highest BCUT2D eigenvalue weighted by atomic mass is 16.5. The van der Waals surface area contributed by atoms with Gasteiger partial charge < -0.3 is 20.3 Å². The van der Waals surface area contributed by atoms with Gasteiger partial charge in [-0.25, -0.2) is 0 Å². The number of rotatable bonds is 48. The summed E-state index contributed by atoms with van der Waals surface area (Å²) in [5, 5.41) is 23.1. The Morgan fingerprint density at radius 2 is 0.783 bits per heavy atom. The van der Waals surface area contributed by atoms with Crippen molar-refractivity contribution in [2.24, 2.45) is 0 Å². The average Bonchev–Trinajstić information content (AvgIpc) is 3.25. The Labute approximate surface area is 373 Å². The number of aliphatic hydroxyl groups excluding tert-OH is 2. The molecule has 60 heavy (non-hydrogen) atoms. The van der Waals surface area contributed by atoms with Crippen LogP contribution >= 0.6 is 0 Å². The van der Waals surface area contributed by atoms with E-state index < -0.39 is 12.1 Å². The van der Waals surface area contributed by atoms with E-state index in [0.717, 1.165) is 77.0 Å². The Morgan fingerprint density at radius 1 is 0.450 bits per heavy atom. The Kier molecular flexibility index (Phi) is 48.1. The number of unbranched alkanes of at least 4 members (excludes halogenated alkanes) is 33. The van der Waals surface area contributed by atoms with E-state index in [1.54, 1.807) is 6.08 Å². The Morgan fingerprint density at radius 3 is 1.18 bits per heavy atom. The van der Waals surface area contributed by atoms with Crippen LogP contribution in [0.15, 0.2) is 36.5 Å². The number of ether oxygens (including phenoxy) is 1. The number of carbonyl (C=O) groups excluding carboxylic acids is 2. The molecule has 0 aliphatic rings. The highest BCUT2D eigenvalue weighted by Crippen LogP contribution is 2.15. The fourth-order valence-electron chi connectivity index (χ4n) is 7.80. The van der Waals surface area contributed by atoms with Crippen LogP contribution in [0.5, 0.6) is 0 Å². The van der Waals surface area contributed by atoms with Gasteiger partial charge in [0.15, 0.2) is 0 Å². The molecule has 2 atom stereocenters. The summed E-state index contributed by atoms with van der Waals surface area (Å²) in [5.74, 6) is -0.150. The van der Waals surface area contributed by atoms with Crippen molar-refractivity contribution in [1.82, 2.24) is 5.32 Å². The molecule has 352 valence electrons. The standard InChI is InChI=1S/C54H101NO5/c1-3-5-7-9-11-13-15-17-19-21-22-24-26-30-34-38-42-46-52(57)51(50-56)55-53(58)47-43-39-35-31-28-29-33-37-41-45-49-60-54(59)48-44-40-36-32-27-25-23-20-18-16-14-12-10-8-6-4-2/h20,23,29,33,42,46,51-52,56-57H,3-19,21-22,24-28,30-32,34-41,43-45,47-50H2,1-2H3,(H,55,58)/b23-20-,33-29-,46-42+. The summed E-state index contributed by atoms with van der Waals surface area (Å²) < 4.78 is 5.43. The van der Waals surface area contributed by atoms with Gasteiger partial charge in [0.1, 0.15) is 0 Å². The van der Waals surface area contributed by atoms with Gasteiger partial charge in [-0.05, 0) is 83.5 Å². The summed E-state index contributed by atoms with van der Waals surface area (Å²) in [6, 6.07) is -0.654. The molecule has 6 nitrogen and oxygen atoms in total. The number of aliphatic hydroxyl groups is 2. The molecule has 0 saturated carbocycles. The van der Waals surface area contributed by atoms with Crippen LogP contribution in [0.2, 0.25) is 0 Å². The highest BCUT2D eigenvalue weighted by Gasteiger charge is 2.18. The van der Waals surface area contributed by atoms with E-state index in [0.29, 0.717) is 19.4 Å². The molecular formula is C54H101NO5. The minimum atomic E-state index is -0.867. The maximum atomic E-state index is 12.4. The van der Waals surface area contributed by atoms with Crippen LogP contribution in [0, 0.1) is 0 Å². The molecule has 0 bridgehead atoms. The van der Waals surface area contributed by atoms with Crippen molar-refractivity contribution in [2.45, 2.75) is 283 Å². The number of esters is 1. The Balaban J connectivity index is 3.57. The van der Waals surface area contributed by atoms with Crippen molar-refractivity contribution in [2.75, 3.05) is 13.2 Å². The number of amides is 1. The molecule has 0 fully saturated rings. The van der Waals surface area contributed by atoms with E-state index in [1.807, 2.05) is 6.08 Å². The van der Waals surface area contributed by atoms with Crippen LogP contribution in [-0.4, -0.2) is 47.4 Å². The van der Waals surface area contributed by atoms with Crippen molar-refractivity contribution in [3.8, 4) is 0 Å². The van der Waals surface area contributed by atoms with Gasteiger partial charge >= 0.3 is 5.97 Å². The van der Waals surface area contributed by atoms with Crippen LogP contribution in [0.3, 0.4) is 0 Å². The summed E-state index contributed by atoms with van der Waals surface area (Å²) >= 11 is 0. The van der Waals surface area contributed by atoms with Crippen LogP contribution in [-0.2, 0) is 14.3 Å². The molecule has 0 aromatic carbocycles. The summed E-state index contributed by atoms with van der Waals surface area (Å²) in [6.07, 6.45) is 60.0. The van der Waals surface area contributed by atoms with Crippen LogP contribution in [0.1, 0.15) is 271 Å². The zero-order valence-corrected chi connectivity index (χ0v) is 39.9. The minimum absolute atomic E-state index is 0.0461. The van der Waals surface area contributed by atoms with E-state index in [2.05, 4.69) is 43.5 Å². The number of hydrogen-bond acceptors (Lipinski definition) is 5. The molecule has 2 unspecified atom stereocenters. The Bertz CT molecular complexity index is 977. The predicted octanol–water partition coefficient (Wildman–Crippen LogP) is 15.7. The van der Waals surface area contributed by atoms with Gasteiger partial charge in [-0.1, -0.05) is 211 Å². The second-order valence-electron chi connectivity index (χ2n) is 17.8. The molecule has 0 aromatic heterocycles. The molecule has 0 rings (SSSR count). The zero-order chi connectivity index (χ0) is 43.7. The predicted molar refractivity (Wildman–Crippen MR) is 259 cm³/mol. The maximum absolute atomic E-state index is 12.4. The lowest BCUT2D eigenvalue weighted by Gasteiger charge is -2.20. The van der Waals surface area contributed by atoms with Crippen LogP contribution in [0.4, 0.5) is 0 Å². The van der Waals surface area contributed by atoms with Crippen LogP contribution < -0.4 is 5.32 Å². The number of carbonyl (C=O) groups is 2. The van der Waals surface area contributed by atoms with Crippen molar-refractivity contribution >= 4 is 11.9 Å². The van der Waals surface area contributed by atoms with E-state index >= 15 is 0 Å². The summed E-state index contributed by atoms with van der Waals surface area (Å²) in [6.45, 7) is 4.81. The van der Waals surface area contributed by atoms with Gasteiger partial charge in [-0.3, -0.25) is 9.59 Å². The molecule has 6 heteroatoms. The van der Waals surface area contributed by atoms with E-state index in [1.165, 1.54) is 167 Å². The fourth-order valence-corrected chi connectivity index (χ4v) is 7.80.